The number of methoxy groups -OCH3 is 3. The number of ether oxygens (including phenoxy) is 3. The summed E-state index contributed by atoms with van der Waals surface area (Å²) in [6.45, 7) is 1.33. The van der Waals surface area contributed by atoms with Crippen LogP contribution in [-0.4, -0.2) is 52.7 Å². The van der Waals surface area contributed by atoms with E-state index in [9.17, 15) is 13.2 Å². The Hall–Kier alpha value is -3.89. The van der Waals surface area contributed by atoms with Gasteiger partial charge in [-0.15, -0.1) is 0 Å². The number of carbonyl (C=O) groups is 1. The number of aryl methyl sites for hydroxylation is 1. The van der Waals surface area contributed by atoms with Crippen LogP contribution >= 0.6 is 0 Å². The average Bonchev–Trinajstić information content (AvgIpc) is 2.88. The molecule has 0 aromatic heterocycles. The first kappa shape index (κ1) is 26.7. The van der Waals surface area contributed by atoms with Crippen LogP contribution in [0.4, 0.5) is 0 Å². The molecule has 9 nitrogen and oxygen atoms in total. The van der Waals surface area contributed by atoms with E-state index in [1.165, 1.54) is 39.7 Å². The Kier molecular flexibility index (Phi) is 9.04. The van der Waals surface area contributed by atoms with E-state index in [1.807, 2.05) is 18.2 Å². The predicted molar refractivity (Wildman–Crippen MR) is 137 cm³/mol. The lowest BCUT2D eigenvalue weighted by Crippen LogP contribution is -2.39. The number of nitrogens with one attached hydrogen (secondary N) is 1. The average molecular weight is 512 g/mol. The van der Waals surface area contributed by atoms with Gasteiger partial charge in [0.1, 0.15) is 17.2 Å². The molecule has 0 aliphatic rings. The summed E-state index contributed by atoms with van der Waals surface area (Å²) in [6, 6.07) is 18.8. The van der Waals surface area contributed by atoms with E-state index in [0.29, 0.717) is 28.4 Å². The van der Waals surface area contributed by atoms with Crippen LogP contribution in [0.1, 0.15) is 16.7 Å². The molecule has 190 valence electrons. The second-order valence-electron chi connectivity index (χ2n) is 7.79. The Morgan fingerprint density at radius 2 is 1.64 bits per heavy atom. The van der Waals surface area contributed by atoms with Crippen LogP contribution in [0.5, 0.6) is 17.2 Å². The van der Waals surface area contributed by atoms with Crippen LogP contribution < -0.4 is 19.6 Å². The summed E-state index contributed by atoms with van der Waals surface area (Å²) in [7, 11) is 0.565. The zero-order valence-corrected chi connectivity index (χ0v) is 21.4. The smallest absolute Gasteiger partial charge is 0.255 e. The van der Waals surface area contributed by atoms with Gasteiger partial charge in [-0.2, -0.15) is 9.41 Å². The molecule has 0 fully saturated rings. The molecule has 0 heterocycles. The second-order valence-corrected chi connectivity index (χ2v) is 9.73. The van der Waals surface area contributed by atoms with Gasteiger partial charge in [-0.05, 0) is 54.4 Å². The van der Waals surface area contributed by atoms with E-state index in [2.05, 4.69) is 10.5 Å². The summed E-state index contributed by atoms with van der Waals surface area (Å²) in [4.78, 5) is 12.8. The Balaban J connectivity index is 1.82. The van der Waals surface area contributed by atoms with E-state index in [4.69, 9.17) is 14.2 Å². The zero-order chi connectivity index (χ0) is 26.1. The van der Waals surface area contributed by atoms with E-state index in [1.54, 1.807) is 43.3 Å². The van der Waals surface area contributed by atoms with Gasteiger partial charge in [0, 0.05) is 12.1 Å². The van der Waals surface area contributed by atoms with E-state index in [0.717, 1.165) is 9.87 Å². The van der Waals surface area contributed by atoms with Crippen molar-refractivity contribution >= 4 is 22.1 Å². The largest absolute Gasteiger partial charge is 0.497 e. The molecule has 0 aliphatic carbocycles. The third kappa shape index (κ3) is 6.61. The molecule has 0 atom stereocenters. The summed E-state index contributed by atoms with van der Waals surface area (Å²) in [5, 5.41) is 3.98. The highest BCUT2D eigenvalue weighted by Crippen LogP contribution is 2.25. The summed E-state index contributed by atoms with van der Waals surface area (Å²) < 4.78 is 43.9. The van der Waals surface area contributed by atoms with E-state index >= 15 is 0 Å². The quantitative estimate of drug-likeness (QED) is 0.313. The maximum atomic E-state index is 13.5. The van der Waals surface area contributed by atoms with Gasteiger partial charge in [0.2, 0.25) is 10.0 Å². The molecule has 0 spiro atoms. The van der Waals surface area contributed by atoms with Gasteiger partial charge >= 0.3 is 0 Å². The van der Waals surface area contributed by atoms with Crippen molar-refractivity contribution in [2.75, 3.05) is 27.9 Å². The number of rotatable bonds is 11. The highest BCUT2D eigenvalue weighted by Gasteiger charge is 2.27. The number of benzene rings is 3. The third-order valence-corrected chi connectivity index (χ3v) is 7.14. The number of carbonyl (C=O) groups excluding carboxylic acids is 1. The van der Waals surface area contributed by atoms with Gasteiger partial charge in [-0.3, -0.25) is 4.79 Å². The Morgan fingerprint density at radius 3 is 2.28 bits per heavy atom. The highest BCUT2D eigenvalue weighted by atomic mass is 32.2. The normalized spacial score (nSPS) is 11.5. The molecule has 0 unspecified atom stereocenters. The van der Waals surface area contributed by atoms with Crippen LogP contribution in [-0.2, 0) is 21.4 Å². The molecule has 3 rings (SSSR count). The fourth-order valence-corrected chi connectivity index (χ4v) is 4.95. The summed E-state index contributed by atoms with van der Waals surface area (Å²) >= 11 is 0. The molecule has 0 saturated heterocycles. The first-order valence-electron chi connectivity index (χ1n) is 11.0. The maximum Gasteiger partial charge on any atom is 0.255 e. The van der Waals surface area contributed by atoms with E-state index in [-0.39, 0.29) is 11.4 Å². The molecule has 3 aromatic rings. The lowest BCUT2D eigenvalue weighted by molar-refractivity contribution is -0.121. The van der Waals surface area contributed by atoms with Gasteiger partial charge < -0.3 is 14.2 Å². The second kappa shape index (κ2) is 12.2. The molecule has 1 amide bonds. The van der Waals surface area contributed by atoms with E-state index < -0.39 is 22.5 Å². The number of nitrogens with zero attached hydrogens (tertiary/aromatic N) is 2. The third-order valence-electron chi connectivity index (χ3n) is 5.36. The molecular formula is C26H29N3O6S. The topological polar surface area (TPSA) is 107 Å². The van der Waals surface area contributed by atoms with Gasteiger partial charge in [-0.1, -0.05) is 30.3 Å². The molecule has 0 aliphatic heterocycles. The van der Waals surface area contributed by atoms with Crippen molar-refractivity contribution in [3.8, 4) is 17.2 Å². The van der Waals surface area contributed by atoms with Crippen LogP contribution in [0.25, 0.3) is 0 Å². The van der Waals surface area contributed by atoms with Crippen molar-refractivity contribution in [3.63, 3.8) is 0 Å². The van der Waals surface area contributed by atoms with Crippen LogP contribution in [0.3, 0.4) is 0 Å². The van der Waals surface area contributed by atoms with Gasteiger partial charge in [-0.25, -0.2) is 13.8 Å². The minimum Gasteiger partial charge on any atom is -0.497 e. The Bertz CT molecular complexity index is 1330. The van der Waals surface area contributed by atoms with Gasteiger partial charge in [0.05, 0.1) is 39.0 Å². The number of hydrogen-bond donors (Lipinski definition) is 1. The maximum absolute atomic E-state index is 13.5. The number of hydrogen-bond acceptors (Lipinski definition) is 7. The van der Waals surface area contributed by atoms with Crippen LogP contribution in [0, 0.1) is 6.92 Å². The molecule has 36 heavy (non-hydrogen) atoms. The van der Waals surface area contributed by atoms with Crippen molar-refractivity contribution in [3.05, 3.63) is 83.4 Å². The summed E-state index contributed by atoms with van der Waals surface area (Å²) in [5.74, 6) is 1.11. The SMILES string of the molecule is COc1ccc(OC)c(/C=N/NC(=O)CN(Cc2ccccc2)S(=O)(=O)c2ccc(OC)c(C)c2)c1. The summed E-state index contributed by atoms with van der Waals surface area (Å²) in [6.07, 6.45) is 1.40. The van der Waals surface area contributed by atoms with Crippen molar-refractivity contribution in [2.24, 2.45) is 5.10 Å². The summed E-state index contributed by atoms with van der Waals surface area (Å²) in [5.41, 5.74) is 4.39. The minimum absolute atomic E-state index is 0.00902. The fraction of sp³-hybridized carbons (Fsp3) is 0.231. The zero-order valence-electron chi connectivity index (χ0n) is 20.6. The monoisotopic (exact) mass is 511 g/mol. The number of sulfonamides is 1. The highest BCUT2D eigenvalue weighted by molar-refractivity contribution is 7.89. The van der Waals surface area contributed by atoms with Crippen molar-refractivity contribution in [2.45, 2.75) is 18.4 Å². The molecule has 0 saturated carbocycles. The first-order valence-corrected chi connectivity index (χ1v) is 12.4. The lowest BCUT2D eigenvalue weighted by atomic mass is 10.2. The van der Waals surface area contributed by atoms with Crippen LogP contribution in [0.15, 0.2) is 76.7 Å². The number of amides is 1. The van der Waals surface area contributed by atoms with Gasteiger partial charge in [0.25, 0.3) is 5.91 Å². The van der Waals surface area contributed by atoms with Crippen LogP contribution in [0.2, 0.25) is 0 Å². The van der Waals surface area contributed by atoms with Crippen molar-refractivity contribution < 1.29 is 27.4 Å². The standard InChI is InChI=1S/C26H29N3O6S/c1-19-14-23(11-13-24(19)34-3)36(31,32)29(17-20-8-6-5-7-9-20)18-26(30)28-27-16-21-15-22(33-2)10-12-25(21)35-4/h5-16H,17-18H2,1-4H3,(H,28,30)/b27-16+. The molecule has 0 bridgehead atoms. The molecule has 0 radical (unpaired) electrons. The predicted octanol–water partition coefficient (Wildman–Crippen LogP) is 3.36. The molecule has 3 aromatic carbocycles. The fourth-order valence-electron chi connectivity index (χ4n) is 3.48. The lowest BCUT2D eigenvalue weighted by Gasteiger charge is -2.22. The van der Waals surface area contributed by atoms with Gasteiger partial charge in [0.15, 0.2) is 0 Å². The number of hydrazone groups is 1. The Labute approximate surface area is 211 Å². The van der Waals surface area contributed by atoms with Crippen molar-refractivity contribution in [1.29, 1.82) is 0 Å². The minimum atomic E-state index is -4.01. The Morgan fingerprint density at radius 1 is 0.944 bits per heavy atom. The molecule has 10 heteroatoms. The first-order chi connectivity index (χ1) is 17.3. The molecule has 1 N–H and O–H groups in total. The molecular weight excluding hydrogens is 482 g/mol. The van der Waals surface area contributed by atoms with Crippen molar-refractivity contribution in [1.82, 2.24) is 9.73 Å².